The van der Waals surface area contributed by atoms with E-state index in [2.05, 4.69) is 10.6 Å². The fourth-order valence-corrected chi connectivity index (χ4v) is 2.17. The number of carbonyl (C=O) groups is 2. The number of esters is 1. The smallest absolute Gasteiger partial charge is 0.331 e. The Kier molecular flexibility index (Phi) is 8.93. The molecule has 0 unspecified atom stereocenters. The predicted molar refractivity (Wildman–Crippen MR) is 106 cm³/mol. The van der Waals surface area contributed by atoms with Crippen molar-refractivity contribution in [3.63, 3.8) is 0 Å². The molecule has 0 spiro atoms. The minimum Gasteiger partial charge on any atom is -0.458 e. The molecule has 0 fully saturated rings. The van der Waals surface area contributed by atoms with Crippen molar-refractivity contribution in [2.75, 3.05) is 13.2 Å². The van der Waals surface area contributed by atoms with E-state index in [-0.39, 0.29) is 18.9 Å². The van der Waals surface area contributed by atoms with Gasteiger partial charge in [0.05, 0.1) is 12.2 Å². The van der Waals surface area contributed by atoms with Crippen LogP contribution >= 0.6 is 0 Å². The summed E-state index contributed by atoms with van der Waals surface area (Å²) in [4.78, 5) is 24.6. The van der Waals surface area contributed by atoms with Crippen molar-refractivity contribution < 1.29 is 19.1 Å². The second-order valence-electron chi connectivity index (χ2n) is 8.49. The first kappa shape index (κ1) is 23.1. The number of ether oxygens (including phenoxy) is 2. The minimum absolute atomic E-state index is 0.0710. The Bertz CT molecular complexity index is 588. The van der Waals surface area contributed by atoms with Crippen LogP contribution in [-0.4, -0.2) is 42.3 Å². The molecule has 2 N–H and O–H groups in total. The van der Waals surface area contributed by atoms with E-state index in [9.17, 15) is 9.59 Å². The van der Waals surface area contributed by atoms with E-state index in [0.29, 0.717) is 13.1 Å². The van der Waals surface area contributed by atoms with Crippen LogP contribution in [0.5, 0.6) is 0 Å². The SMILES string of the molecule is CC(C)(C)OC[C@H](NC(=O)CCNCc1ccccc1)C(=O)OC(C)(C)C. The lowest BCUT2D eigenvalue weighted by Crippen LogP contribution is -2.48. The molecule has 152 valence electrons. The maximum Gasteiger partial charge on any atom is 0.331 e. The maximum atomic E-state index is 12.4. The van der Waals surface area contributed by atoms with Crippen LogP contribution in [0.15, 0.2) is 30.3 Å². The van der Waals surface area contributed by atoms with Crippen molar-refractivity contribution in [3.05, 3.63) is 35.9 Å². The number of rotatable bonds is 9. The van der Waals surface area contributed by atoms with E-state index in [1.165, 1.54) is 0 Å². The Labute approximate surface area is 163 Å². The van der Waals surface area contributed by atoms with Gasteiger partial charge in [-0.1, -0.05) is 30.3 Å². The van der Waals surface area contributed by atoms with Crippen LogP contribution in [0.4, 0.5) is 0 Å². The first-order valence-electron chi connectivity index (χ1n) is 9.37. The van der Waals surface area contributed by atoms with Gasteiger partial charge in [-0.15, -0.1) is 0 Å². The molecule has 1 aromatic carbocycles. The fourth-order valence-electron chi connectivity index (χ4n) is 2.17. The van der Waals surface area contributed by atoms with E-state index in [4.69, 9.17) is 9.47 Å². The molecule has 0 aliphatic rings. The predicted octanol–water partition coefficient (Wildman–Crippen LogP) is 2.81. The zero-order chi connectivity index (χ0) is 20.5. The molecule has 0 aliphatic heterocycles. The highest BCUT2D eigenvalue weighted by Gasteiger charge is 2.28. The number of benzene rings is 1. The van der Waals surface area contributed by atoms with Crippen LogP contribution in [0.25, 0.3) is 0 Å². The fraction of sp³-hybridized carbons (Fsp3) is 0.619. The van der Waals surface area contributed by atoms with E-state index >= 15 is 0 Å². The van der Waals surface area contributed by atoms with Crippen molar-refractivity contribution in [2.24, 2.45) is 0 Å². The summed E-state index contributed by atoms with van der Waals surface area (Å²) in [5.74, 6) is -0.707. The molecular weight excluding hydrogens is 344 g/mol. The lowest BCUT2D eigenvalue weighted by Gasteiger charge is -2.27. The van der Waals surface area contributed by atoms with Gasteiger partial charge in [-0.05, 0) is 47.1 Å². The normalized spacial score (nSPS) is 13.1. The summed E-state index contributed by atoms with van der Waals surface area (Å²) in [6.45, 7) is 12.4. The average molecular weight is 379 g/mol. The van der Waals surface area contributed by atoms with Crippen LogP contribution < -0.4 is 10.6 Å². The Morgan fingerprint density at radius 2 is 1.63 bits per heavy atom. The molecule has 1 rings (SSSR count). The topological polar surface area (TPSA) is 76.7 Å². The van der Waals surface area contributed by atoms with Crippen molar-refractivity contribution >= 4 is 11.9 Å². The highest BCUT2D eigenvalue weighted by atomic mass is 16.6. The van der Waals surface area contributed by atoms with E-state index in [1.807, 2.05) is 51.1 Å². The Morgan fingerprint density at radius 3 is 2.19 bits per heavy atom. The van der Waals surface area contributed by atoms with Gasteiger partial charge in [-0.2, -0.15) is 0 Å². The van der Waals surface area contributed by atoms with Crippen LogP contribution in [0.1, 0.15) is 53.5 Å². The zero-order valence-electron chi connectivity index (χ0n) is 17.4. The van der Waals surface area contributed by atoms with Crippen LogP contribution in [0.3, 0.4) is 0 Å². The van der Waals surface area contributed by atoms with Gasteiger partial charge in [-0.25, -0.2) is 4.79 Å². The molecule has 1 aromatic rings. The molecule has 1 atom stereocenters. The third-order valence-corrected chi connectivity index (χ3v) is 3.41. The van der Waals surface area contributed by atoms with Gasteiger partial charge in [0.1, 0.15) is 5.60 Å². The van der Waals surface area contributed by atoms with Crippen molar-refractivity contribution in [2.45, 2.75) is 71.8 Å². The molecule has 0 saturated carbocycles. The number of nitrogens with one attached hydrogen (secondary N) is 2. The van der Waals surface area contributed by atoms with Gasteiger partial charge in [0.15, 0.2) is 6.04 Å². The molecule has 0 radical (unpaired) electrons. The number of hydrogen-bond acceptors (Lipinski definition) is 5. The first-order chi connectivity index (χ1) is 12.5. The third-order valence-electron chi connectivity index (χ3n) is 3.41. The Hall–Kier alpha value is -1.92. The van der Waals surface area contributed by atoms with Gasteiger partial charge in [0, 0.05) is 19.5 Å². The lowest BCUT2D eigenvalue weighted by atomic mass is 10.1. The third kappa shape index (κ3) is 11.4. The van der Waals surface area contributed by atoms with Crippen LogP contribution in [0, 0.1) is 0 Å². The van der Waals surface area contributed by atoms with Gasteiger partial charge < -0.3 is 20.1 Å². The number of amides is 1. The summed E-state index contributed by atoms with van der Waals surface area (Å²) < 4.78 is 11.1. The van der Waals surface area contributed by atoms with Gasteiger partial charge in [-0.3, -0.25) is 4.79 Å². The largest absolute Gasteiger partial charge is 0.458 e. The molecule has 6 heteroatoms. The minimum atomic E-state index is -0.829. The van der Waals surface area contributed by atoms with E-state index in [0.717, 1.165) is 5.56 Å². The van der Waals surface area contributed by atoms with Crippen molar-refractivity contribution in [1.82, 2.24) is 10.6 Å². The summed E-state index contributed by atoms with van der Waals surface area (Å²) in [6.07, 6.45) is 0.266. The zero-order valence-corrected chi connectivity index (χ0v) is 17.4. The Balaban J connectivity index is 2.49. The molecule has 6 nitrogen and oxygen atoms in total. The van der Waals surface area contributed by atoms with Crippen molar-refractivity contribution in [1.29, 1.82) is 0 Å². The molecule has 0 aromatic heterocycles. The highest BCUT2D eigenvalue weighted by Crippen LogP contribution is 2.12. The molecule has 27 heavy (non-hydrogen) atoms. The van der Waals surface area contributed by atoms with E-state index in [1.54, 1.807) is 20.8 Å². The Morgan fingerprint density at radius 1 is 1.00 bits per heavy atom. The standard InChI is InChI=1S/C21H34N2O4/c1-20(2,3)26-15-17(19(25)27-21(4,5)6)23-18(24)12-13-22-14-16-10-8-7-9-11-16/h7-11,17,22H,12-15H2,1-6H3,(H,23,24)/t17-/m0/s1. The van der Waals surface area contributed by atoms with Crippen LogP contribution in [0.2, 0.25) is 0 Å². The van der Waals surface area contributed by atoms with E-state index < -0.39 is 23.2 Å². The maximum absolute atomic E-state index is 12.4. The summed E-state index contributed by atoms with van der Waals surface area (Å²) >= 11 is 0. The summed E-state index contributed by atoms with van der Waals surface area (Å²) in [7, 11) is 0. The summed E-state index contributed by atoms with van der Waals surface area (Å²) in [6, 6.07) is 9.14. The summed E-state index contributed by atoms with van der Waals surface area (Å²) in [5, 5.41) is 5.95. The van der Waals surface area contributed by atoms with Gasteiger partial charge >= 0.3 is 5.97 Å². The highest BCUT2D eigenvalue weighted by molar-refractivity contribution is 5.84. The molecule has 0 saturated heterocycles. The molecular formula is C21H34N2O4. The van der Waals surface area contributed by atoms with Gasteiger partial charge in [0.25, 0.3) is 0 Å². The lowest BCUT2D eigenvalue weighted by molar-refractivity contribution is -0.161. The molecule has 0 aliphatic carbocycles. The molecule has 1 amide bonds. The second kappa shape index (κ2) is 10.4. The second-order valence-corrected chi connectivity index (χ2v) is 8.49. The van der Waals surface area contributed by atoms with Crippen LogP contribution in [-0.2, 0) is 25.6 Å². The monoisotopic (exact) mass is 378 g/mol. The number of hydrogen-bond donors (Lipinski definition) is 2. The summed E-state index contributed by atoms with van der Waals surface area (Å²) in [5.41, 5.74) is 0.115. The molecule has 0 heterocycles. The van der Waals surface area contributed by atoms with Gasteiger partial charge in [0.2, 0.25) is 5.91 Å². The molecule has 0 bridgehead atoms. The quantitative estimate of drug-likeness (QED) is 0.510. The first-order valence-corrected chi connectivity index (χ1v) is 9.37. The average Bonchev–Trinajstić information content (AvgIpc) is 2.54. The van der Waals surface area contributed by atoms with Crippen molar-refractivity contribution in [3.8, 4) is 0 Å². The number of carbonyl (C=O) groups excluding carboxylic acids is 2.